The molecule has 0 spiro atoms. The molecule has 0 saturated heterocycles. The number of nitrogens with zero attached hydrogens (tertiary/aromatic N) is 2. The molecule has 0 bridgehead atoms. The van der Waals surface area contributed by atoms with E-state index in [4.69, 9.17) is 10.00 Å². The number of ether oxygens (including phenoxy) is 1. The van der Waals surface area contributed by atoms with Crippen molar-refractivity contribution in [3.8, 4) is 11.8 Å². The first-order valence-corrected chi connectivity index (χ1v) is 5.29. The molecule has 3 nitrogen and oxygen atoms in total. The third kappa shape index (κ3) is 1.87. The summed E-state index contributed by atoms with van der Waals surface area (Å²) in [4.78, 5) is 0. The maximum atomic E-state index is 9.16. The molecule has 0 fully saturated rings. The van der Waals surface area contributed by atoms with Crippen LogP contribution in [0.5, 0.6) is 5.75 Å². The van der Waals surface area contributed by atoms with Gasteiger partial charge in [0.05, 0.1) is 18.2 Å². The molecule has 1 heterocycles. The summed E-state index contributed by atoms with van der Waals surface area (Å²) >= 11 is 0. The summed E-state index contributed by atoms with van der Waals surface area (Å²) in [6, 6.07) is 8.09. The predicted molar refractivity (Wildman–Crippen MR) is 70.3 cm³/mol. The van der Waals surface area contributed by atoms with Gasteiger partial charge in [-0.1, -0.05) is 7.43 Å². The normalized spacial score (nSPS) is 9.76. The molecule has 2 aromatic rings. The zero-order valence-electron chi connectivity index (χ0n) is 9.74. The fraction of sp³-hybridized carbons (Fsp3) is 0.357. The second-order valence-electron chi connectivity index (χ2n) is 3.70. The molecule has 17 heavy (non-hydrogen) atoms. The largest absolute Gasteiger partial charge is 0.497 e. The van der Waals surface area contributed by atoms with Crippen molar-refractivity contribution in [1.29, 1.82) is 5.26 Å². The van der Waals surface area contributed by atoms with Gasteiger partial charge in [-0.05, 0) is 26.0 Å². The third-order valence-corrected chi connectivity index (χ3v) is 2.96. The van der Waals surface area contributed by atoms with Crippen LogP contribution in [-0.2, 0) is 6.54 Å². The van der Waals surface area contributed by atoms with Gasteiger partial charge in [-0.2, -0.15) is 5.26 Å². The van der Waals surface area contributed by atoms with E-state index in [2.05, 4.69) is 17.6 Å². The van der Waals surface area contributed by atoms with Crippen LogP contribution in [0.4, 0.5) is 0 Å². The Morgan fingerprint density at radius 2 is 2.12 bits per heavy atom. The van der Waals surface area contributed by atoms with Crippen LogP contribution in [0.1, 0.15) is 25.6 Å². The van der Waals surface area contributed by atoms with Crippen molar-refractivity contribution >= 4 is 10.9 Å². The molecular formula is C14H18N2O. The van der Waals surface area contributed by atoms with Gasteiger partial charge in [0, 0.05) is 23.7 Å². The number of rotatable bonds is 2. The molecule has 0 aliphatic rings. The lowest BCUT2D eigenvalue weighted by atomic mass is 10.1. The van der Waals surface area contributed by atoms with Gasteiger partial charge in [0.1, 0.15) is 11.8 Å². The molecule has 0 saturated carbocycles. The highest BCUT2D eigenvalue weighted by molar-refractivity contribution is 5.89. The van der Waals surface area contributed by atoms with Gasteiger partial charge in [-0.25, -0.2) is 0 Å². The molecule has 0 atom stereocenters. The predicted octanol–water partition coefficient (Wildman–Crippen LogP) is 3.49. The summed E-state index contributed by atoms with van der Waals surface area (Å²) in [5.74, 6) is 0.823. The number of aryl methyl sites for hydroxylation is 1. The SMILES string of the molecule is C.CCn1c(C)c(C#N)c2ccc(OC)cc21. The Kier molecular flexibility index (Phi) is 3.80. The zero-order valence-corrected chi connectivity index (χ0v) is 9.74. The van der Waals surface area contributed by atoms with E-state index in [1.165, 1.54) is 0 Å². The van der Waals surface area contributed by atoms with E-state index in [0.29, 0.717) is 0 Å². The number of nitriles is 1. The number of hydrogen-bond acceptors (Lipinski definition) is 2. The van der Waals surface area contributed by atoms with Gasteiger partial charge in [0.2, 0.25) is 0 Å². The minimum Gasteiger partial charge on any atom is -0.497 e. The van der Waals surface area contributed by atoms with Crippen LogP contribution in [0.2, 0.25) is 0 Å². The highest BCUT2D eigenvalue weighted by atomic mass is 16.5. The zero-order chi connectivity index (χ0) is 11.7. The van der Waals surface area contributed by atoms with Crippen molar-refractivity contribution in [3.63, 3.8) is 0 Å². The Bertz CT molecular complexity index is 576. The standard InChI is InChI=1S/C13H14N2O.CH4/c1-4-15-9(2)12(8-14)11-6-5-10(16-3)7-13(11)15;/h5-7H,4H2,1-3H3;1H4. The molecule has 1 aromatic carbocycles. The molecule has 0 radical (unpaired) electrons. The minimum absolute atomic E-state index is 0. The van der Waals surface area contributed by atoms with Crippen molar-refractivity contribution in [2.45, 2.75) is 27.8 Å². The van der Waals surface area contributed by atoms with Crippen LogP contribution < -0.4 is 4.74 Å². The Morgan fingerprint density at radius 3 is 2.65 bits per heavy atom. The van der Waals surface area contributed by atoms with Gasteiger partial charge in [0.25, 0.3) is 0 Å². The molecule has 0 amide bonds. The van der Waals surface area contributed by atoms with Crippen molar-refractivity contribution in [1.82, 2.24) is 4.57 Å². The van der Waals surface area contributed by atoms with Crippen LogP contribution in [0.3, 0.4) is 0 Å². The van der Waals surface area contributed by atoms with Gasteiger partial charge >= 0.3 is 0 Å². The molecule has 0 unspecified atom stereocenters. The molecular weight excluding hydrogens is 212 g/mol. The quantitative estimate of drug-likeness (QED) is 0.792. The summed E-state index contributed by atoms with van der Waals surface area (Å²) < 4.78 is 7.34. The van der Waals surface area contributed by atoms with Crippen LogP contribution in [0, 0.1) is 18.3 Å². The average molecular weight is 230 g/mol. The van der Waals surface area contributed by atoms with Gasteiger partial charge in [0.15, 0.2) is 0 Å². The Balaban J connectivity index is 0.00000144. The summed E-state index contributed by atoms with van der Waals surface area (Å²) in [6.07, 6.45) is 0. The summed E-state index contributed by atoms with van der Waals surface area (Å²) in [7, 11) is 1.65. The van der Waals surface area contributed by atoms with Crippen molar-refractivity contribution in [2.75, 3.05) is 7.11 Å². The Hall–Kier alpha value is -1.95. The maximum absolute atomic E-state index is 9.16. The number of fused-ring (bicyclic) bond motifs is 1. The maximum Gasteiger partial charge on any atom is 0.120 e. The van der Waals surface area contributed by atoms with E-state index in [1.807, 2.05) is 25.1 Å². The van der Waals surface area contributed by atoms with Crippen LogP contribution in [0.15, 0.2) is 18.2 Å². The lowest BCUT2D eigenvalue weighted by Crippen LogP contribution is -1.96. The fourth-order valence-corrected chi connectivity index (χ4v) is 2.13. The number of aromatic nitrogens is 1. The van der Waals surface area contributed by atoms with E-state index in [1.54, 1.807) is 7.11 Å². The molecule has 3 heteroatoms. The monoisotopic (exact) mass is 230 g/mol. The summed E-state index contributed by atoms with van der Waals surface area (Å²) in [6.45, 7) is 4.92. The second-order valence-corrected chi connectivity index (χ2v) is 3.70. The van der Waals surface area contributed by atoms with Crippen molar-refractivity contribution < 1.29 is 4.74 Å². The first-order chi connectivity index (χ1) is 7.72. The molecule has 0 aliphatic carbocycles. The van der Waals surface area contributed by atoms with Gasteiger partial charge in [-0.15, -0.1) is 0 Å². The molecule has 0 N–H and O–H groups in total. The van der Waals surface area contributed by atoms with E-state index in [-0.39, 0.29) is 7.43 Å². The van der Waals surface area contributed by atoms with Gasteiger partial charge in [-0.3, -0.25) is 0 Å². The third-order valence-electron chi connectivity index (χ3n) is 2.96. The van der Waals surface area contributed by atoms with Crippen molar-refractivity contribution in [3.05, 3.63) is 29.5 Å². The van der Waals surface area contributed by atoms with Crippen LogP contribution in [-0.4, -0.2) is 11.7 Å². The van der Waals surface area contributed by atoms with E-state index in [9.17, 15) is 0 Å². The lowest BCUT2D eigenvalue weighted by Gasteiger charge is -2.04. The summed E-state index contributed by atoms with van der Waals surface area (Å²) in [5.41, 5.74) is 2.85. The first kappa shape index (κ1) is 13.1. The smallest absolute Gasteiger partial charge is 0.120 e. The Morgan fingerprint density at radius 1 is 1.41 bits per heavy atom. The number of methoxy groups -OCH3 is 1. The molecule has 0 aliphatic heterocycles. The highest BCUT2D eigenvalue weighted by Gasteiger charge is 2.12. The highest BCUT2D eigenvalue weighted by Crippen LogP contribution is 2.28. The van der Waals surface area contributed by atoms with E-state index in [0.717, 1.165) is 34.5 Å². The minimum atomic E-state index is 0. The van der Waals surface area contributed by atoms with Crippen LogP contribution >= 0.6 is 0 Å². The average Bonchev–Trinajstić information content (AvgIpc) is 2.59. The molecule has 2 rings (SSSR count). The van der Waals surface area contributed by atoms with E-state index >= 15 is 0 Å². The fourth-order valence-electron chi connectivity index (χ4n) is 2.13. The topological polar surface area (TPSA) is 38.0 Å². The van der Waals surface area contributed by atoms with Crippen LogP contribution in [0.25, 0.3) is 10.9 Å². The van der Waals surface area contributed by atoms with E-state index < -0.39 is 0 Å². The second kappa shape index (κ2) is 4.92. The molecule has 90 valence electrons. The first-order valence-electron chi connectivity index (χ1n) is 5.29. The molecule has 1 aromatic heterocycles. The Labute approximate surface area is 102 Å². The number of benzene rings is 1. The summed E-state index contributed by atoms with van der Waals surface area (Å²) in [5, 5.41) is 10.2. The number of hydrogen-bond donors (Lipinski definition) is 0. The van der Waals surface area contributed by atoms with Gasteiger partial charge < -0.3 is 9.30 Å². The van der Waals surface area contributed by atoms with Crippen molar-refractivity contribution in [2.24, 2.45) is 0 Å². The lowest BCUT2D eigenvalue weighted by molar-refractivity contribution is 0.415.